The Balaban J connectivity index is 2.06. The Morgan fingerprint density at radius 2 is 2.00 bits per heavy atom. The molecule has 0 aliphatic heterocycles. The van der Waals surface area contributed by atoms with Gasteiger partial charge < -0.3 is 10.1 Å². The van der Waals surface area contributed by atoms with Crippen molar-refractivity contribution in [3.05, 3.63) is 35.4 Å². The van der Waals surface area contributed by atoms with Crippen molar-refractivity contribution in [2.45, 2.75) is 37.2 Å². The first-order valence-electron chi connectivity index (χ1n) is 8.51. The van der Waals surface area contributed by atoms with Gasteiger partial charge in [0, 0.05) is 19.8 Å². The van der Waals surface area contributed by atoms with Crippen LogP contribution in [-0.2, 0) is 24.3 Å². The van der Waals surface area contributed by atoms with E-state index in [0.717, 1.165) is 10.7 Å². The summed E-state index contributed by atoms with van der Waals surface area (Å²) in [5, 5.41) is 2.60. The summed E-state index contributed by atoms with van der Waals surface area (Å²) in [5.41, 5.74) is 0.244. The van der Waals surface area contributed by atoms with Crippen LogP contribution in [0.5, 0.6) is 0 Å². The normalized spacial score (nSPS) is 18.2. The van der Waals surface area contributed by atoms with Gasteiger partial charge in [-0.3, -0.25) is 9.59 Å². The van der Waals surface area contributed by atoms with Crippen molar-refractivity contribution in [3.63, 3.8) is 0 Å². The van der Waals surface area contributed by atoms with Crippen molar-refractivity contribution in [1.29, 1.82) is 0 Å². The number of esters is 1. The Bertz CT molecular complexity index is 851. The number of carbonyl (C=O) groups is 2. The van der Waals surface area contributed by atoms with E-state index in [-0.39, 0.29) is 21.5 Å². The topological polar surface area (TPSA) is 92.8 Å². The molecule has 0 saturated carbocycles. The van der Waals surface area contributed by atoms with Crippen LogP contribution in [0.2, 0.25) is 5.02 Å². The van der Waals surface area contributed by atoms with Crippen molar-refractivity contribution >= 4 is 39.2 Å². The first-order valence-corrected chi connectivity index (χ1v) is 10.3. The largest absolute Gasteiger partial charge is 0.452 e. The van der Waals surface area contributed by atoms with E-state index in [4.69, 9.17) is 16.3 Å². The third kappa shape index (κ3) is 5.31. The Morgan fingerprint density at radius 3 is 2.59 bits per heavy atom. The summed E-state index contributed by atoms with van der Waals surface area (Å²) >= 11 is 5.99. The third-order valence-corrected chi connectivity index (χ3v) is 6.52. The molecule has 1 aromatic carbocycles. The number of carbonyl (C=O) groups excluding carboxylic acids is 2. The van der Waals surface area contributed by atoms with Gasteiger partial charge in [-0.1, -0.05) is 23.8 Å². The van der Waals surface area contributed by atoms with Crippen molar-refractivity contribution < 1.29 is 22.7 Å². The molecule has 7 nitrogen and oxygen atoms in total. The number of nitrogens with zero attached hydrogens (tertiary/aromatic N) is 1. The summed E-state index contributed by atoms with van der Waals surface area (Å²) in [6.45, 7) is 1.47. The molecule has 1 N–H and O–H groups in total. The minimum Gasteiger partial charge on any atom is -0.452 e. The third-order valence-electron chi connectivity index (χ3n) is 4.22. The molecule has 9 heteroatoms. The number of ether oxygens (including phenoxy) is 1. The van der Waals surface area contributed by atoms with Gasteiger partial charge in [0.05, 0.1) is 10.9 Å². The molecule has 148 valence electrons. The number of amides is 1. The van der Waals surface area contributed by atoms with E-state index in [1.54, 1.807) is 0 Å². The quantitative estimate of drug-likeness (QED) is 0.570. The van der Waals surface area contributed by atoms with Crippen molar-refractivity contribution in [2.75, 3.05) is 19.4 Å². The molecule has 0 unspecified atom stereocenters. The highest BCUT2D eigenvalue weighted by Gasteiger charge is 2.26. The molecule has 27 heavy (non-hydrogen) atoms. The van der Waals surface area contributed by atoms with Crippen LogP contribution in [0.4, 0.5) is 5.69 Å². The number of hydrogen-bond donors (Lipinski definition) is 1. The first kappa shape index (κ1) is 21.4. The molecule has 0 bridgehead atoms. The van der Waals surface area contributed by atoms with Gasteiger partial charge in [0.1, 0.15) is 4.90 Å². The average Bonchev–Trinajstić information content (AvgIpc) is 2.63. The molecule has 1 aromatic rings. The van der Waals surface area contributed by atoms with Crippen molar-refractivity contribution in [2.24, 2.45) is 5.92 Å². The number of halogens is 1. The Labute approximate surface area is 164 Å². The van der Waals surface area contributed by atoms with E-state index in [1.807, 2.05) is 12.2 Å². The van der Waals surface area contributed by atoms with Gasteiger partial charge in [-0.2, -0.15) is 0 Å². The average molecular weight is 415 g/mol. The second-order valence-corrected chi connectivity index (χ2v) is 9.01. The van der Waals surface area contributed by atoms with Crippen LogP contribution >= 0.6 is 11.6 Å². The molecule has 2 rings (SSSR count). The number of nitrogens with one attached hydrogen (secondary N) is 1. The smallest absolute Gasteiger partial charge is 0.310 e. The van der Waals surface area contributed by atoms with Crippen LogP contribution < -0.4 is 5.32 Å². The van der Waals surface area contributed by atoms with E-state index >= 15 is 0 Å². The number of sulfonamides is 1. The molecular formula is C18H23ClN2O5S. The Kier molecular flexibility index (Phi) is 7.02. The van der Waals surface area contributed by atoms with Crippen LogP contribution in [-0.4, -0.2) is 44.8 Å². The molecule has 0 spiro atoms. The number of hydrogen-bond acceptors (Lipinski definition) is 5. The summed E-state index contributed by atoms with van der Waals surface area (Å²) in [6, 6.07) is 4.14. The van der Waals surface area contributed by atoms with Gasteiger partial charge in [-0.15, -0.1) is 0 Å². The van der Waals surface area contributed by atoms with E-state index in [0.29, 0.717) is 12.8 Å². The molecule has 0 aromatic heterocycles. The SMILES string of the molecule is C[C@H](OC(=O)[C@@H]1CC=CCC1)C(=O)Nc1ccc(Cl)c(S(=O)(=O)N(C)C)c1. The lowest BCUT2D eigenvalue weighted by atomic mass is 9.95. The highest BCUT2D eigenvalue weighted by Crippen LogP contribution is 2.27. The second-order valence-electron chi connectivity index (χ2n) is 6.48. The Hall–Kier alpha value is -1.90. The number of anilines is 1. The maximum Gasteiger partial charge on any atom is 0.310 e. The number of allylic oxidation sites excluding steroid dienone is 2. The van der Waals surface area contributed by atoms with Gasteiger partial charge >= 0.3 is 5.97 Å². The molecule has 0 saturated heterocycles. The summed E-state index contributed by atoms with van der Waals surface area (Å²) in [6.07, 6.45) is 5.06. The van der Waals surface area contributed by atoms with Crippen LogP contribution in [0.25, 0.3) is 0 Å². The maximum atomic E-state index is 12.3. The zero-order valence-electron chi connectivity index (χ0n) is 15.4. The monoisotopic (exact) mass is 414 g/mol. The summed E-state index contributed by atoms with van der Waals surface area (Å²) in [7, 11) is -0.986. The van der Waals surface area contributed by atoms with Gasteiger partial charge in [-0.25, -0.2) is 12.7 Å². The fraction of sp³-hybridized carbons (Fsp3) is 0.444. The second kappa shape index (κ2) is 8.86. The van der Waals surface area contributed by atoms with Gasteiger partial charge in [0.15, 0.2) is 6.10 Å². The predicted octanol–water partition coefficient (Wildman–Crippen LogP) is 2.82. The summed E-state index contributed by atoms with van der Waals surface area (Å²) < 4.78 is 30.9. The lowest BCUT2D eigenvalue weighted by Crippen LogP contribution is -2.32. The van der Waals surface area contributed by atoms with Crippen molar-refractivity contribution in [3.8, 4) is 0 Å². The summed E-state index contributed by atoms with van der Waals surface area (Å²) in [5.74, 6) is -1.20. The summed E-state index contributed by atoms with van der Waals surface area (Å²) in [4.78, 5) is 24.3. The number of benzene rings is 1. The standard InChI is InChI=1S/C18H23ClN2O5S/c1-12(26-18(23)13-7-5-4-6-8-13)17(22)20-14-9-10-15(19)16(11-14)27(24,25)21(2)3/h4-5,9-13H,6-8H2,1-3H3,(H,20,22)/t12-,13+/m0/s1. The predicted molar refractivity (Wildman–Crippen MR) is 103 cm³/mol. The number of rotatable bonds is 6. The van der Waals surface area contributed by atoms with Gasteiger partial charge in [-0.05, 0) is 44.4 Å². The van der Waals surface area contributed by atoms with Crippen LogP contribution in [0.15, 0.2) is 35.2 Å². The van der Waals surface area contributed by atoms with Gasteiger partial charge in [0.2, 0.25) is 10.0 Å². The zero-order chi connectivity index (χ0) is 20.2. The highest BCUT2D eigenvalue weighted by atomic mass is 35.5. The maximum absolute atomic E-state index is 12.3. The van der Waals surface area contributed by atoms with E-state index in [9.17, 15) is 18.0 Å². The molecular weight excluding hydrogens is 392 g/mol. The molecule has 2 atom stereocenters. The minimum atomic E-state index is -3.76. The fourth-order valence-electron chi connectivity index (χ4n) is 2.55. The fourth-order valence-corrected chi connectivity index (χ4v) is 3.94. The van der Waals surface area contributed by atoms with Crippen LogP contribution in [0.1, 0.15) is 26.2 Å². The molecule has 1 amide bonds. The molecule has 0 heterocycles. The van der Waals surface area contributed by atoms with Gasteiger partial charge in [0.25, 0.3) is 5.91 Å². The Morgan fingerprint density at radius 1 is 1.30 bits per heavy atom. The lowest BCUT2D eigenvalue weighted by molar-refractivity contribution is -0.157. The minimum absolute atomic E-state index is 0.0477. The van der Waals surface area contributed by atoms with E-state index in [1.165, 1.54) is 39.2 Å². The van der Waals surface area contributed by atoms with Crippen LogP contribution in [0, 0.1) is 5.92 Å². The van der Waals surface area contributed by atoms with E-state index in [2.05, 4.69) is 5.32 Å². The highest BCUT2D eigenvalue weighted by molar-refractivity contribution is 7.89. The lowest BCUT2D eigenvalue weighted by Gasteiger charge is -2.20. The van der Waals surface area contributed by atoms with E-state index < -0.39 is 28.0 Å². The van der Waals surface area contributed by atoms with Crippen LogP contribution in [0.3, 0.4) is 0 Å². The van der Waals surface area contributed by atoms with Crippen molar-refractivity contribution in [1.82, 2.24) is 4.31 Å². The molecule has 1 aliphatic rings. The first-order chi connectivity index (χ1) is 12.6. The zero-order valence-corrected chi connectivity index (χ0v) is 17.0. The molecule has 0 radical (unpaired) electrons. The molecule has 1 aliphatic carbocycles. The molecule has 0 fully saturated rings.